The van der Waals surface area contributed by atoms with Crippen LogP contribution in [0.2, 0.25) is 0 Å². The summed E-state index contributed by atoms with van der Waals surface area (Å²) in [5, 5.41) is 4.05. The van der Waals surface area contributed by atoms with Gasteiger partial charge in [-0.3, -0.25) is 4.79 Å². The quantitative estimate of drug-likeness (QED) is 0.862. The smallest absolute Gasteiger partial charge is 0.247 e. The Kier molecular flexibility index (Phi) is 4.09. The van der Waals surface area contributed by atoms with Crippen LogP contribution in [0, 0.1) is 6.92 Å². The normalized spacial score (nSPS) is 16.6. The molecule has 1 aromatic carbocycles. The number of benzene rings is 1. The van der Waals surface area contributed by atoms with Crippen LogP contribution in [0.5, 0.6) is 0 Å². The highest BCUT2D eigenvalue weighted by molar-refractivity contribution is 5.80. The lowest BCUT2D eigenvalue weighted by Gasteiger charge is -2.37. The van der Waals surface area contributed by atoms with E-state index in [2.05, 4.69) is 46.2 Å². The highest BCUT2D eigenvalue weighted by Gasteiger charge is 2.26. The van der Waals surface area contributed by atoms with Crippen LogP contribution in [0.15, 0.2) is 36.9 Å². The van der Waals surface area contributed by atoms with Gasteiger partial charge in [0.15, 0.2) is 0 Å². The van der Waals surface area contributed by atoms with Gasteiger partial charge in [-0.15, -0.1) is 0 Å². The maximum Gasteiger partial charge on any atom is 0.247 e. The molecule has 6 nitrogen and oxygen atoms in total. The molecule has 0 bridgehead atoms. The molecule has 0 spiro atoms. The Hall–Kier alpha value is -2.37. The van der Waals surface area contributed by atoms with Crippen molar-refractivity contribution in [3.63, 3.8) is 0 Å². The summed E-state index contributed by atoms with van der Waals surface area (Å²) < 4.78 is 1.61. The summed E-state index contributed by atoms with van der Waals surface area (Å²) in [4.78, 5) is 20.7. The summed E-state index contributed by atoms with van der Waals surface area (Å²) in [5.41, 5.74) is 2.49. The van der Waals surface area contributed by atoms with Crippen molar-refractivity contribution in [3.05, 3.63) is 42.5 Å². The van der Waals surface area contributed by atoms with E-state index in [1.807, 2.05) is 11.8 Å². The average Bonchev–Trinajstić information content (AvgIpc) is 3.08. The second-order valence-electron chi connectivity index (χ2n) is 5.70. The third kappa shape index (κ3) is 2.95. The minimum atomic E-state index is -0.298. The van der Waals surface area contributed by atoms with Gasteiger partial charge in [0.1, 0.15) is 18.7 Å². The number of rotatable bonds is 3. The zero-order chi connectivity index (χ0) is 15.5. The molecule has 1 amide bonds. The van der Waals surface area contributed by atoms with Gasteiger partial charge in [0.05, 0.1) is 0 Å². The first kappa shape index (κ1) is 14.6. The molecule has 1 fully saturated rings. The zero-order valence-electron chi connectivity index (χ0n) is 13.0. The fourth-order valence-electron chi connectivity index (χ4n) is 2.80. The lowest BCUT2D eigenvalue weighted by molar-refractivity contribution is -0.134. The van der Waals surface area contributed by atoms with Gasteiger partial charge in [-0.25, -0.2) is 9.67 Å². The molecule has 1 saturated heterocycles. The van der Waals surface area contributed by atoms with Gasteiger partial charge in [-0.1, -0.05) is 12.1 Å². The molecule has 2 aromatic rings. The van der Waals surface area contributed by atoms with Crippen LogP contribution in [-0.2, 0) is 4.79 Å². The Balaban J connectivity index is 1.61. The Morgan fingerprint density at radius 1 is 1.23 bits per heavy atom. The van der Waals surface area contributed by atoms with E-state index in [9.17, 15) is 4.79 Å². The van der Waals surface area contributed by atoms with Crippen molar-refractivity contribution in [1.82, 2.24) is 19.7 Å². The highest BCUT2D eigenvalue weighted by Crippen LogP contribution is 2.19. The molecule has 2 heterocycles. The zero-order valence-corrected chi connectivity index (χ0v) is 13.0. The molecule has 1 aromatic heterocycles. The van der Waals surface area contributed by atoms with Crippen molar-refractivity contribution in [2.24, 2.45) is 0 Å². The second-order valence-corrected chi connectivity index (χ2v) is 5.70. The molecule has 116 valence electrons. The van der Waals surface area contributed by atoms with Gasteiger partial charge >= 0.3 is 0 Å². The molecule has 3 rings (SSSR count). The van der Waals surface area contributed by atoms with Gasteiger partial charge in [-0.2, -0.15) is 5.10 Å². The lowest BCUT2D eigenvalue weighted by Crippen LogP contribution is -2.50. The van der Waals surface area contributed by atoms with E-state index in [0.717, 1.165) is 26.2 Å². The number of aromatic nitrogens is 3. The van der Waals surface area contributed by atoms with Gasteiger partial charge in [0.25, 0.3) is 0 Å². The lowest BCUT2D eigenvalue weighted by atomic mass is 10.2. The minimum absolute atomic E-state index is 0.106. The first-order valence-corrected chi connectivity index (χ1v) is 7.59. The maximum absolute atomic E-state index is 12.5. The molecule has 1 unspecified atom stereocenters. The molecule has 0 aliphatic carbocycles. The summed E-state index contributed by atoms with van der Waals surface area (Å²) in [5.74, 6) is 0.106. The molecule has 0 N–H and O–H groups in total. The Bertz CT molecular complexity index is 632. The predicted molar refractivity (Wildman–Crippen MR) is 84.7 cm³/mol. The standard InChI is InChI=1S/C16H21N5O/c1-13-4-3-5-15(10-13)19-6-8-20(9-7-19)16(22)14(2)21-12-17-11-18-21/h3-5,10-12,14H,6-9H2,1-2H3. The summed E-state index contributed by atoms with van der Waals surface area (Å²) in [7, 11) is 0. The fraction of sp³-hybridized carbons (Fsp3) is 0.438. The van der Waals surface area contributed by atoms with Gasteiger partial charge in [0.2, 0.25) is 5.91 Å². The van der Waals surface area contributed by atoms with Crippen LogP contribution < -0.4 is 4.90 Å². The summed E-state index contributed by atoms with van der Waals surface area (Å²) in [6.07, 6.45) is 3.05. The van der Waals surface area contributed by atoms with Crippen LogP contribution in [-0.4, -0.2) is 51.8 Å². The predicted octanol–water partition coefficient (Wildman–Crippen LogP) is 1.50. The van der Waals surface area contributed by atoms with Crippen molar-refractivity contribution in [1.29, 1.82) is 0 Å². The van der Waals surface area contributed by atoms with Crippen molar-refractivity contribution >= 4 is 11.6 Å². The number of aryl methyl sites for hydroxylation is 1. The molecule has 22 heavy (non-hydrogen) atoms. The van der Waals surface area contributed by atoms with E-state index in [-0.39, 0.29) is 11.9 Å². The van der Waals surface area contributed by atoms with Crippen molar-refractivity contribution in [3.8, 4) is 0 Å². The van der Waals surface area contributed by atoms with Crippen molar-refractivity contribution in [2.45, 2.75) is 19.9 Å². The summed E-state index contributed by atoms with van der Waals surface area (Å²) in [6, 6.07) is 8.20. The largest absolute Gasteiger partial charge is 0.368 e. The minimum Gasteiger partial charge on any atom is -0.368 e. The Morgan fingerprint density at radius 3 is 2.64 bits per heavy atom. The van der Waals surface area contributed by atoms with Crippen LogP contribution in [0.25, 0.3) is 0 Å². The topological polar surface area (TPSA) is 54.3 Å². The monoisotopic (exact) mass is 299 g/mol. The first-order valence-electron chi connectivity index (χ1n) is 7.59. The van der Waals surface area contributed by atoms with E-state index in [0.29, 0.717) is 0 Å². The van der Waals surface area contributed by atoms with Crippen LogP contribution >= 0.6 is 0 Å². The number of amides is 1. The molecule has 0 saturated carbocycles. The number of nitrogens with zero attached hydrogens (tertiary/aromatic N) is 5. The Morgan fingerprint density at radius 2 is 2.00 bits per heavy atom. The number of piperazine rings is 1. The van der Waals surface area contributed by atoms with E-state index in [1.54, 1.807) is 11.0 Å². The van der Waals surface area contributed by atoms with Crippen LogP contribution in [0.4, 0.5) is 5.69 Å². The average molecular weight is 299 g/mol. The molecular weight excluding hydrogens is 278 g/mol. The molecular formula is C16H21N5O. The fourth-order valence-corrected chi connectivity index (χ4v) is 2.80. The maximum atomic E-state index is 12.5. The van der Waals surface area contributed by atoms with Gasteiger partial charge < -0.3 is 9.80 Å². The number of hydrogen-bond acceptors (Lipinski definition) is 4. The van der Waals surface area contributed by atoms with E-state index >= 15 is 0 Å². The first-order chi connectivity index (χ1) is 10.6. The SMILES string of the molecule is Cc1cccc(N2CCN(C(=O)C(C)n3cncn3)CC2)c1. The number of anilines is 1. The third-order valence-corrected chi connectivity index (χ3v) is 4.15. The second kappa shape index (κ2) is 6.17. The van der Waals surface area contributed by atoms with Gasteiger partial charge in [0, 0.05) is 31.9 Å². The molecule has 0 radical (unpaired) electrons. The Labute approximate surface area is 130 Å². The van der Waals surface area contributed by atoms with Crippen molar-refractivity contribution in [2.75, 3.05) is 31.1 Å². The van der Waals surface area contributed by atoms with E-state index in [4.69, 9.17) is 0 Å². The number of carbonyl (C=O) groups is 1. The van der Waals surface area contributed by atoms with E-state index in [1.165, 1.54) is 17.6 Å². The van der Waals surface area contributed by atoms with Crippen LogP contribution in [0.3, 0.4) is 0 Å². The molecule has 1 aliphatic heterocycles. The molecule has 1 atom stereocenters. The van der Waals surface area contributed by atoms with Gasteiger partial charge in [-0.05, 0) is 31.5 Å². The number of carbonyl (C=O) groups excluding carboxylic acids is 1. The van der Waals surface area contributed by atoms with Crippen LogP contribution in [0.1, 0.15) is 18.5 Å². The highest BCUT2D eigenvalue weighted by atomic mass is 16.2. The van der Waals surface area contributed by atoms with E-state index < -0.39 is 0 Å². The number of hydrogen-bond donors (Lipinski definition) is 0. The summed E-state index contributed by atoms with van der Waals surface area (Å²) >= 11 is 0. The summed E-state index contributed by atoms with van der Waals surface area (Å²) in [6.45, 7) is 7.17. The molecule has 1 aliphatic rings. The molecule has 6 heteroatoms. The third-order valence-electron chi connectivity index (χ3n) is 4.15. The van der Waals surface area contributed by atoms with Crippen molar-refractivity contribution < 1.29 is 4.79 Å².